The third-order valence-electron chi connectivity index (χ3n) is 3.79. The van der Waals surface area contributed by atoms with Gasteiger partial charge >= 0.3 is 0 Å². The Morgan fingerprint density at radius 3 is 2.50 bits per heavy atom. The quantitative estimate of drug-likeness (QED) is 0.375. The highest BCUT2D eigenvalue weighted by molar-refractivity contribution is 5.66. The molecule has 1 nitrogen and oxygen atoms in total. The smallest absolute Gasteiger partial charge is 0.143 e. The first-order valence-electron chi connectivity index (χ1n) is 7.39. The van der Waals surface area contributed by atoms with Gasteiger partial charge in [-0.2, -0.15) is 0 Å². The molecule has 0 fully saturated rings. The maximum Gasteiger partial charge on any atom is 0.143 e. The fraction of sp³-hybridized carbons (Fsp3) is 0.421. The molecule has 0 aromatic heterocycles. The zero-order chi connectivity index (χ0) is 15.0. The first-order valence-corrected chi connectivity index (χ1v) is 7.39. The summed E-state index contributed by atoms with van der Waals surface area (Å²) in [6.07, 6.45) is 16.7. The molecule has 1 aliphatic rings. The predicted molar refractivity (Wildman–Crippen MR) is 87.6 cm³/mol. The summed E-state index contributed by atoms with van der Waals surface area (Å²) in [6.45, 7) is 8.58. The first-order chi connectivity index (χ1) is 9.54. The highest BCUT2D eigenvalue weighted by Crippen LogP contribution is 2.30. The second-order valence-corrected chi connectivity index (χ2v) is 5.68. The van der Waals surface area contributed by atoms with Crippen molar-refractivity contribution in [3.05, 3.63) is 58.7 Å². The van der Waals surface area contributed by atoms with Gasteiger partial charge < -0.3 is 0 Å². The topological polar surface area (TPSA) is 17.1 Å². The monoisotopic (exact) mass is 270 g/mol. The van der Waals surface area contributed by atoms with Crippen molar-refractivity contribution < 1.29 is 4.79 Å². The van der Waals surface area contributed by atoms with E-state index in [0.29, 0.717) is 5.92 Å². The van der Waals surface area contributed by atoms with Crippen LogP contribution in [0.4, 0.5) is 0 Å². The molecule has 0 amide bonds. The SMILES string of the molecule is CC1=C(/C=C/C(C)=C/C=C/C(C)=C\C=O)C(C)CCC1. The molecule has 0 aliphatic heterocycles. The second kappa shape index (κ2) is 8.52. The standard InChI is InChI=1S/C19H26O/c1-15(7-5-8-16(2)13-14-20)11-12-19-17(3)9-6-10-18(19)4/h5,7-8,11-14,17H,6,9-10H2,1-4H3/b8-5+,12-11+,15-7+,16-13-. The number of hydrogen-bond acceptors (Lipinski definition) is 1. The molecule has 0 saturated carbocycles. The van der Waals surface area contributed by atoms with Gasteiger partial charge in [-0.1, -0.05) is 48.5 Å². The number of hydrogen-bond donors (Lipinski definition) is 0. The Kier molecular flexibility index (Phi) is 7.00. The molecule has 0 aromatic carbocycles. The molecule has 0 spiro atoms. The van der Waals surface area contributed by atoms with Gasteiger partial charge in [0, 0.05) is 0 Å². The Bertz CT molecular complexity index is 484. The number of aldehydes is 1. The molecule has 108 valence electrons. The normalized spacial score (nSPS) is 22.1. The van der Waals surface area contributed by atoms with Crippen molar-refractivity contribution in [3.8, 4) is 0 Å². The zero-order valence-corrected chi connectivity index (χ0v) is 13.1. The maximum absolute atomic E-state index is 10.3. The minimum atomic E-state index is 0.682. The van der Waals surface area contributed by atoms with Gasteiger partial charge in [0.1, 0.15) is 6.29 Å². The molecule has 1 rings (SSSR count). The summed E-state index contributed by atoms with van der Waals surface area (Å²) >= 11 is 0. The first kappa shape index (κ1) is 16.4. The number of rotatable bonds is 5. The number of allylic oxidation sites excluding steroid dienone is 10. The molecule has 1 unspecified atom stereocenters. The molecule has 20 heavy (non-hydrogen) atoms. The second-order valence-electron chi connectivity index (χ2n) is 5.68. The average Bonchev–Trinajstić information content (AvgIpc) is 2.38. The van der Waals surface area contributed by atoms with Gasteiger partial charge in [-0.05, 0) is 63.2 Å². The van der Waals surface area contributed by atoms with Crippen LogP contribution >= 0.6 is 0 Å². The van der Waals surface area contributed by atoms with Crippen LogP contribution in [-0.4, -0.2) is 6.29 Å². The van der Waals surface area contributed by atoms with Gasteiger partial charge in [0.2, 0.25) is 0 Å². The van der Waals surface area contributed by atoms with E-state index in [1.807, 2.05) is 19.1 Å². The van der Waals surface area contributed by atoms with E-state index in [-0.39, 0.29) is 0 Å². The van der Waals surface area contributed by atoms with E-state index in [0.717, 1.165) is 11.9 Å². The van der Waals surface area contributed by atoms with E-state index in [9.17, 15) is 4.79 Å². The molecule has 0 heterocycles. The Labute approximate surface area is 123 Å². The van der Waals surface area contributed by atoms with Crippen molar-refractivity contribution in [3.63, 3.8) is 0 Å². The maximum atomic E-state index is 10.3. The highest BCUT2D eigenvalue weighted by Gasteiger charge is 2.14. The minimum Gasteiger partial charge on any atom is -0.299 e. The Morgan fingerprint density at radius 1 is 1.15 bits per heavy atom. The molecule has 1 aliphatic carbocycles. The van der Waals surface area contributed by atoms with E-state index < -0.39 is 0 Å². The molecule has 0 N–H and O–H groups in total. The van der Waals surface area contributed by atoms with Crippen molar-refractivity contribution in [2.45, 2.75) is 47.0 Å². The summed E-state index contributed by atoms with van der Waals surface area (Å²) in [6, 6.07) is 0. The van der Waals surface area contributed by atoms with Crippen molar-refractivity contribution >= 4 is 6.29 Å². The lowest BCUT2D eigenvalue weighted by atomic mass is 9.84. The zero-order valence-electron chi connectivity index (χ0n) is 13.1. The Morgan fingerprint density at radius 2 is 1.85 bits per heavy atom. The van der Waals surface area contributed by atoms with Gasteiger partial charge in [-0.3, -0.25) is 4.79 Å². The molecular formula is C19H26O. The van der Waals surface area contributed by atoms with Crippen LogP contribution in [0.1, 0.15) is 47.0 Å². The van der Waals surface area contributed by atoms with Crippen LogP contribution in [0.5, 0.6) is 0 Å². The lowest BCUT2D eigenvalue weighted by Gasteiger charge is -2.22. The molecule has 0 bridgehead atoms. The summed E-state index contributed by atoms with van der Waals surface area (Å²) < 4.78 is 0. The predicted octanol–water partition coefficient (Wildman–Crippen LogP) is 5.33. The summed E-state index contributed by atoms with van der Waals surface area (Å²) in [7, 11) is 0. The van der Waals surface area contributed by atoms with Gasteiger partial charge in [0.25, 0.3) is 0 Å². The minimum absolute atomic E-state index is 0.682. The van der Waals surface area contributed by atoms with Gasteiger partial charge in [-0.15, -0.1) is 0 Å². The van der Waals surface area contributed by atoms with Gasteiger partial charge in [-0.25, -0.2) is 0 Å². The fourth-order valence-corrected chi connectivity index (χ4v) is 2.49. The lowest BCUT2D eigenvalue weighted by Crippen LogP contribution is -2.06. The summed E-state index contributed by atoms with van der Waals surface area (Å²) in [4.78, 5) is 10.3. The average molecular weight is 270 g/mol. The summed E-state index contributed by atoms with van der Waals surface area (Å²) in [5.41, 5.74) is 5.23. The third-order valence-corrected chi connectivity index (χ3v) is 3.79. The van der Waals surface area contributed by atoms with Crippen molar-refractivity contribution in [1.29, 1.82) is 0 Å². The Balaban J connectivity index is 2.70. The summed E-state index contributed by atoms with van der Waals surface area (Å²) in [5.74, 6) is 0.682. The van der Waals surface area contributed by atoms with E-state index in [2.05, 4.69) is 39.0 Å². The van der Waals surface area contributed by atoms with Gasteiger partial charge in [0.05, 0.1) is 0 Å². The van der Waals surface area contributed by atoms with Crippen molar-refractivity contribution in [2.24, 2.45) is 5.92 Å². The molecule has 0 saturated heterocycles. The Hall–Kier alpha value is -1.63. The van der Waals surface area contributed by atoms with Crippen molar-refractivity contribution in [2.75, 3.05) is 0 Å². The van der Waals surface area contributed by atoms with Crippen molar-refractivity contribution in [1.82, 2.24) is 0 Å². The van der Waals surface area contributed by atoms with Crippen LogP contribution in [0.3, 0.4) is 0 Å². The lowest BCUT2D eigenvalue weighted by molar-refractivity contribution is -0.104. The van der Waals surface area contributed by atoms with Crippen LogP contribution < -0.4 is 0 Å². The third kappa shape index (κ3) is 5.56. The molecule has 1 heteroatoms. The van der Waals surface area contributed by atoms with Crippen LogP contribution in [0, 0.1) is 5.92 Å². The molecule has 0 aromatic rings. The van der Waals surface area contributed by atoms with E-state index in [4.69, 9.17) is 0 Å². The van der Waals surface area contributed by atoms with E-state index in [1.54, 1.807) is 6.08 Å². The van der Waals surface area contributed by atoms with E-state index in [1.165, 1.54) is 36.0 Å². The van der Waals surface area contributed by atoms with Crippen LogP contribution in [0.2, 0.25) is 0 Å². The van der Waals surface area contributed by atoms with E-state index >= 15 is 0 Å². The summed E-state index contributed by atoms with van der Waals surface area (Å²) in [5, 5.41) is 0. The van der Waals surface area contributed by atoms with Crippen LogP contribution in [0.25, 0.3) is 0 Å². The largest absolute Gasteiger partial charge is 0.299 e. The number of carbonyl (C=O) groups is 1. The molecule has 1 atom stereocenters. The number of carbonyl (C=O) groups excluding carboxylic acids is 1. The highest BCUT2D eigenvalue weighted by atomic mass is 16.1. The van der Waals surface area contributed by atoms with Gasteiger partial charge in [0.15, 0.2) is 0 Å². The fourth-order valence-electron chi connectivity index (χ4n) is 2.49. The molecule has 0 radical (unpaired) electrons. The molecular weight excluding hydrogens is 244 g/mol. The van der Waals surface area contributed by atoms with Crippen LogP contribution in [-0.2, 0) is 4.79 Å². The van der Waals surface area contributed by atoms with Crippen LogP contribution in [0.15, 0.2) is 58.7 Å².